The zero-order valence-corrected chi connectivity index (χ0v) is 21.7. The van der Waals surface area contributed by atoms with Gasteiger partial charge in [0.1, 0.15) is 5.60 Å². The van der Waals surface area contributed by atoms with E-state index in [1.807, 2.05) is 25.7 Å². The van der Waals surface area contributed by atoms with Crippen molar-refractivity contribution in [1.82, 2.24) is 4.90 Å². The fraction of sp³-hybridized carbons (Fsp3) is 0.708. The Morgan fingerprint density at radius 3 is 2.33 bits per heavy atom. The standard InChI is InChI=1S/C24H42N2O3Si/c1-17-11-12-21(18(2)13-17)25-19-14-20(16-28-30(9,10)24(6,7)8)26(15-19)22(27)29-23(3,4)5/h11-13,19-20,25H,14-16H2,1-10H3/t19-,20-/m0/s1. The summed E-state index contributed by atoms with van der Waals surface area (Å²) in [5.41, 5.74) is 3.09. The molecule has 1 aliphatic rings. The minimum atomic E-state index is -1.89. The predicted octanol–water partition coefficient (Wildman–Crippen LogP) is 6.12. The van der Waals surface area contributed by atoms with Gasteiger partial charge < -0.3 is 19.4 Å². The van der Waals surface area contributed by atoms with Gasteiger partial charge in [-0.3, -0.25) is 0 Å². The highest BCUT2D eigenvalue weighted by Gasteiger charge is 2.42. The zero-order chi connectivity index (χ0) is 22.9. The van der Waals surface area contributed by atoms with E-state index >= 15 is 0 Å². The van der Waals surface area contributed by atoms with Crippen molar-refractivity contribution in [1.29, 1.82) is 0 Å². The Labute approximate surface area is 184 Å². The number of anilines is 1. The van der Waals surface area contributed by atoms with Crippen molar-refractivity contribution in [3.63, 3.8) is 0 Å². The highest BCUT2D eigenvalue weighted by molar-refractivity contribution is 6.74. The van der Waals surface area contributed by atoms with E-state index in [9.17, 15) is 4.79 Å². The minimum absolute atomic E-state index is 0.0113. The van der Waals surface area contributed by atoms with Crippen molar-refractivity contribution in [3.8, 4) is 0 Å². The molecule has 2 rings (SSSR count). The maximum absolute atomic E-state index is 12.9. The number of hydrogen-bond acceptors (Lipinski definition) is 4. The van der Waals surface area contributed by atoms with Gasteiger partial charge in [0.05, 0.1) is 12.6 Å². The van der Waals surface area contributed by atoms with Gasteiger partial charge in [0.25, 0.3) is 0 Å². The Hall–Kier alpha value is -1.53. The largest absolute Gasteiger partial charge is 0.444 e. The summed E-state index contributed by atoms with van der Waals surface area (Å²) in [6.45, 7) is 22.4. The molecule has 0 aromatic heterocycles. The van der Waals surface area contributed by atoms with Crippen molar-refractivity contribution in [3.05, 3.63) is 29.3 Å². The number of benzene rings is 1. The molecular weight excluding hydrogens is 392 g/mol. The summed E-state index contributed by atoms with van der Waals surface area (Å²) in [4.78, 5) is 14.8. The lowest BCUT2D eigenvalue weighted by Gasteiger charge is -2.38. The van der Waals surface area contributed by atoms with Gasteiger partial charge in [0.15, 0.2) is 8.32 Å². The molecule has 1 N–H and O–H groups in total. The number of amides is 1. The van der Waals surface area contributed by atoms with E-state index in [1.165, 1.54) is 11.1 Å². The normalized spacial score (nSPS) is 20.4. The lowest BCUT2D eigenvalue weighted by molar-refractivity contribution is 0.0181. The molecule has 0 spiro atoms. The summed E-state index contributed by atoms with van der Waals surface area (Å²) in [6.07, 6.45) is 0.595. The van der Waals surface area contributed by atoms with Crippen LogP contribution in [-0.2, 0) is 9.16 Å². The lowest BCUT2D eigenvalue weighted by atomic mass is 10.1. The molecule has 1 amide bonds. The highest BCUT2D eigenvalue weighted by atomic mass is 28.4. The zero-order valence-electron chi connectivity index (χ0n) is 20.7. The van der Waals surface area contributed by atoms with Gasteiger partial charge >= 0.3 is 6.09 Å². The molecule has 1 aromatic rings. The molecule has 1 saturated heterocycles. The predicted molar refractivity (Wildman–Crippen MR) is 128 cm³/mol. The van der Waals surface area contributed by atoms with Crippen LogP contribution in [0.1, 0.15) is 59.1 Å². The van der Waals surface area contributed by atoms with Crippen LogP contribution >= 0.6 is 0 Å². The Morgan fingerprint density at radius 1 is 1.17 bits per heavy atom. The van der Waals surface area contributed by atoms with Gasteiger partial charge in [-0.05, 0) is 70.8 Å². The molecule has 170 valence electrons. The number of ether oxygens (including phenoxy) is 1. The molecule has 1 aliphatic heterocycles. The third-order valence-corrected chi connectivity index (χ3v) is 10.7. The van der Waals surface area contributed by atoms with Gasteiger partial charge in [-0.25, -0.2) is 4.79 Å². The van der Waals surface area contributed by atoms with E-state index in [4.69, 9.17) is 9.16 Å². The van der Waals surface area contributed by atoms with E-state index in [0.717, 1.165) is 12.1 Å². The van der Waals surface area contributed by atoms with Gasteiger partial charge in [-0.15, -0.1) is 0 Å². The van der Waals surface area contributed by atoms with E-state index < -0.39 is 13.9 Å². The molecule has 6 heteroatoms. The van der Waals surface area contributed by atoms with Crippen LogP contribution in [-0.4, -0.2) is 50.1 Å². The van der Waals surface area contributed by atoms with Crippen LogP contribution in [0.4, 0.5) is 10.5 Å². The summed E-state index contributed by atoms with van der Waals surface area (Å²) in [5.74, 6) is 0. The van der Waals surface area contributed by atoms with Gasteiger partial charge in [0.2, 0.25) is 0 Å². The molecule has 0 aliphatic carbocycles. The monoisotopic (exact) mass is 434 g/mol. The molecule has 30 heavy (non-hydrogen) atoms. The van der Waals surface area contributed by atoms with Crippen LogP contribution in [0.3, 0.4) is 0 Å². The molecule has 5 nitrogen and oxygen atoms in total. The average molecular weight is 435 g/mol. The van der Waals surface area contributed by atoms with Crippen molar-refractivity contribution in [2.75, 3.05) is 18.5 Å². The molecular formula is C24H42N2O3Si. The van der Waals surface area contributed by atoms with Crippen molar-refractivity contribution in [2.45, 2.75) is 97.6 Å². The van der Waals surface area contributed by atoms with E-state index in [2.05, 4.69) is 71.2 Å². The quantitative estimate of drug-likeness (QED) is 0.568. The maximum atomic E-state index is 12.9. The first-order valence-corrected chi connectivity index (χ1v) is 14.0. The first-order valence-electron chi connectivity index (χ1n) is 11.1. The van der Waals surface area contributed by atoms with Gasteiger partial charge in [-0.1, -0.05) is 38.5 Å². The maximum Gasteiger partial charge on any atom is 0.410 e. The lowest BCUT2D eigenvalue weighted by Crippen LogP contribution is -2.46. The topological polar surface area (TPSA) is 50.8 Å². The second-order valence-corrected chi connectivity index (χ2v) is 16.1. The Bertz CT molecular complexity index is 750. The third-order valence-electron chi connectivity index (χ3n) is 6.23. The number of carbonyl (C=O) groups excluding carboxylic acids is 1. The summed E-state index contributed by atoms with van der Waals surface area (Å²) >= 11 is 0. The number of hydrogen-bond donors (Lipinski definition) is 1. The van der Waals surface area contributed by atoms with Crippen LogP contribution in [0.2, 0.25) is 18.1 Å². The molecule has 1 fully saturated rings. The minimum Gasteiger partial charge on any atom is -0.444 e. The fourth-order valence-corrected chi connectivity index (χ4v) is 4.48. The smallest absolute Gasteiger partial charge is 0.410 e. The van der Waals surface area contributed by atoms with Crippen molar-refractivity contribution >= 4 is 20.1 Å². The number of likely N-dealkylation sites (tertiary alicyclic amines) is 1. The van der Waals surface area contributed by atoms with E-state index in [1.54, 1.807) is 0 Å². The number of carbonyl (C=O) groups is 1. The first-order chi connectivity index (χ1) is 13.6. The number of nitrogens with zero attached hydrogens (tertiary/aromatic N) is 1. The van der Waals surface area contributed by atoms with Crippen molar-refractivity contribution in [2.24, 2.45) is 0 Å². The Balaban J connectivity index is 2.15. The van der Waals surface area contributed by atoms with Crippen LogP contribution in [0.15, 0.2) is 18.2 Å². The first kappa shape index (κ1) is 24.7. The molecule has 0 radical (unpaired) electrons. The number of rotatable bonds is 5. The van der Waals surface area contributed by atoms with E-state index in [0.29, 0.717) is 13.2 Å². The van der Waals surface area contributed by atoms with Gasteiger partial charge in [-0.2, -0.15) is 0 Å². The van der Waals surface area contributed by atoms with Crippen LogP contribution < -0.4 is 5.32 Å². The summed E-state index contributed by atoms with van der Waals surface area (Å²) in [6, 6.07) is 6.61. The average Bonchev–Trinajstić information content (AvgIpc) is 2.96. The molecule has 0 unspecified atom stereocenters. The molecule has 1 heterocycles. The summed E-state index contributed by atoms with van der Waals surface area (Å²) in [7, 11) is -1.89. The summed E-state index contributed by atoms with van der Waals surface area (Å²) < 4.78 is 12.2. The SMILES string of the molecule is Cc1ccc(N[C@H]2C[C@@H](CO[Si](C)(C)C(C)(C)C)N(C(=O)OC(C)(C)C)C2)c(C)c1. The highest BCUT2D eigenvalue weighted by Crippen LogP contribution is 2.37. The summed E-state index contributed by atoms with van der Waals surface area (Å²) in [5, 5.41) is 3.79. The van der Waals surface area contributed by atoms with Crippen LogP contribution in [0.25, 0.3) is 0 Å². The molecule has 1 aromatic carbocycles. The molecule has 2 atom stereocenters. The Morgan fingerprint density at radius 2 is 1.80 bits per heavy atom. The Kier molecular flexibility index (Phi) is 7.35. The fourth-order valence-electron chi connectivity index (χ4n) is 3.44. The van der Waals surface area contributed by atoms with Crippen LogP contribution in [0.5, 0.6) is 0 Å². The molecule has 0 bridgehead atoms. The van der Waals surface area contributed by atoms with Crippen LogP contribution in [0, 0.1) is 13.8 Å². The van der Waals surface area contributed by atoms with E-state index in [-0.39, 0.29) is 23.2 Å². The third kappa shape index (κ3) is 6.48. The van der Waals surface area contributed by atoms with Crippen molar-refractivity contribution < 1.29 is 14.0 Å². The second kappa shape index (κ2) is 8.91. The number of nitrogens with one attached hydrogen (secondary N) is 1. The number of aryl methyl sites for hydroxylation is 2. The van der Waals surface area contributed by atoms with Gasteiger partial charge in [0, 0.05) is 18.3 Å². The second-order valence-electron chi connectivity index (χ2n) is 11.3. The molecule has 0 saturated carbocycles.